The van der Waals surface area contributed by atoms with Crippen LogP contribution in [0, 0.1) is 6.07 Å². The fraction of sp³-hybridized carbons (Fsp3) is 0.0556. The Kier molecular flexibility index (Phi) is 2.86. The topological polar surface area (TPSA) is 22.2 Å². The summed E-state index contributed by atoms with van der Waals surface area (Å²) in [5.41, 5.74) is 4.34. The van der Waals surface area contributed by atoms with Crippen LogP contribution in [0.4, 0.5) is 0 Å². The third-order valence-electron chi connectivity index (χ3n) is 4.21. The maximum Gasteiger partial charge on any atom is 0.0795 e. The summed E-state index contributed by atoms with van der Waals surface area (Å²) in [7, 11) is 2.06. The van der Waals surface area contributed by atoms with Crippen molar-refractivity contribution in [1.82, 2.24) is 14.0 Å². The van der Waals surface area contributed by atoms with Crippen LogP contribution in [-0.2, 0) is 27.2 Å². The number of benzene rings is 2. The fourth-order valence-electron chi connectivity index (χ4n) is 3.12. The predicted octanol–water partition coefficient (Wildman–Crippen LogP) is 3.93. The number of rotatable bonds is 0. The molecular weight excluding hydrogens is 450 g/mol. The summed E-state index contributed by atoms with van der Waals surface area (Å²) < 4.78 is 4.28. The number of fused-ring (bicyclic) bond motifs is 6. The third-order valence-corrected chi connectivity index (χ3v) is 4.21. The zero-order valence-electron chi connectivity index (χ0n) is 11.9. The summed E-state index contributed by atoms with van der Waals surface area (Å²) in [4.78, 5) is 4.83. The van der Waals surface area contributed by atoms with Crippen LogP contribution in [0.2, 0.25) is 0 Å². The van der Waals surface area contributed by atoms with Gasteiger partial charge >= 0.3 is 0 Å². The van der Waals surface area contributed by atoms with Gasteiger partial charge in [0.1, 0.15) is 0 Å². The molecule has 0 atom stereocenters. The van der Waals surface area contributed by atoms with E-state index in [0.717, 1.165) is 22.1 Å². The zero-order valence-corrected chi connectivity index (χ0v) is 14.3. The molecule has 0 spiro atoms. The van der Waals surface area contributed by atoms with E-state index in [9.17, 15) is 0 Å². The van der Waals surface area contributed by atoms with E-state index in [2.05, 4.69) is 64.8 Å². The Hall–Kier alpha value is -2.16. The Bertz CT molecular complexity index is 1150. The standard InChI is InChI=1S/C18H12N3.Ir/c1-20-8-6-13-10-17-15(11-16(13)20)19-18-14-5-3-2-4-12(14)7-9-21(17)18;/h2-4,6-11H,1H3;/q-1;. The maximum atomic E-state index is 4.83. The van der Waals surface area contributed by atoms with Gasteiger partial charge in [0.25, 0.3) is 0 Å². The first-order valence-corrected chi connectivity index (χ1v) is 6.97. The van der Waals surface area contributed by atoms with E-state index < -0.39 is 0 Å². The van der Waals surface area contributed by atoms with Gasteiger partial charge in [0.15, 0.2) is 0 Å². The van der Waals surface area contributed by atoms with E-state index in [-0.39, 0.29) is 20.1 Å². The molecule has 2 aromatic carbocycles. The number of imidazole rings is 1. The SMILES string of the molecule is Cn1ccc2cc3c(cc21)nc1c2[c-]cccc2ccn31.[Ir]. The molecule has 0 aliphatic heterocycles. The minimum absolute atomic E-state index is 0. The van der Waals surface area contributed by atoms with Crippen LogP contribution in [-0.4, -0.2) is 14.0 Å². The molecule has 0 fully saturated rings. The van der Waals surface area contributed by atoms with Crippen molar-refractivity contribution in [3.05, 3.63) is 60.9 Å². The van der Waals surface area contributed by atoms with E-state index in [1.165, 1.54) is 16.3 Å². The van der Waals surface area contributed by atoms with Crippen molar-refractivity contribution in [2.75, 3.05) is 0 Å². The molecule has 3 nitrogen and oxygen atoms in total. The Morgan fingerprint density at radius 2 is 1.86 bits per heavy atom. The van der Waals surface area contributed by atoms with Crippen molar-refractivity contribution < 1.29 is 20.1 Å². The van der Waals surface area contributed by atoms with Crippen LogP contribution in [0.5, 0.6) is 0 Å². The van der Waals surface area contributed by atoms with E-state index in [1.807, 2.05) is 12.1 Å². The smallest absolute Gasteiger partial charge is 0.0795 e. The minimum atomic E-state index is 0. The third kappa shape index (κ3) is 1.68. The molecule has 0 N–H and O–H groups in total. The van der Waals surface area contributed by atoms with Gasteiger partial charge in [-0.2, -0.15) is 0 Å². The molecule has 0 aliphatic rings. The van der Waals surface area contributed by atoms with E-state index in [4.69, 9.17) is 4.98 Å². The first-order valence-electron chi connectivity index (χ1n) is 6.97. The molecule has 0 bridgehead atoms. The van der Waals surface area contributed by atoms with Gasteiger partial charge in [-0.1, -0.05) is 6.07 Å². The van der Waals surface area contributed by atoms with Crippen LogP contribution >= 0.6 is 0 Å². The summed E-state index contributed by atoms with van der Waals surface area (Å²) in [6.07, 6.45) is 4.18. The first-order chi connectivity index (χ1) is 10.3. The van der Waals surface area contributed by atoms with Crippen molar-refractivity contribution in [2.24, 2.45) is 7.05 Å². The molecule has 0 aliphatic carbocycles. The van der Waals surface area contributed by atoms with Crippen LogP contribution < -0.4 is 0 Å². The van der Waals surface area contributed by atoms with Crippen molar-refractivity contribution in [3.63, 3.8) is 0 Å². The normalized spacial score (nSPS) is 11.5. The Morgan fingerprint density at radius 3 is 2.77 bits per heavy atom. The van der Waals surface area contributed by atoms with Crippen molar-refractivity contribution in [2.45, 2.75) is 0 Å². The molecule has 3 heterocycles. The monoisotopic (exact) mass is 463 g/mol. The van der Waals surface area contributed by atoms with Gasteiger partial charge in [0.05, 0.1) is 22.2 Å². The van der Waals surface area contributed by atoms with E-state index >= 15 is 0 Å². The second-order valence-electron chi connectivity index (χ2n) is 5.45. The second kappa shape index (κ2) is 4.67. The quantitative estimate of drug-likeness (QED) is 0.320. The van der Waals surface area contributed by atoms with Gasteiger partial charge in [0.2, 0.25) is 0 Å². The largest absolute Gasteiger partial charge is 0.350 e. The molecule has 0 saturated carbocycles. The Morgan fingerprint density at radius 1 is 1.00 bits per heavy atom. The summed E-state index contributed by atoms with van der Waals surface area (Å²) in [5.74, 6) is 0. The first kappa shape index (κ1) is 13.5. The van der Waals surface area contributed by atoms with Gasteiger partial charge < -0.3 is 8.97 Å². The van der Waals surface area contributed by atoms with Crippen LogP contribution in [0.1, 0.15) is 0 Å². The maximum absolute atomic E-state index is 4.83. The molecular formula is C18H12IrN3-. The minimum Gasteiger partial charge on any atom is -0.350 e. The van der Waals surface area contributed by atoms with Crippen molar-refractivity contribution in [3.8, 4) is 0 Å². The molecule has 0 saturated heterocycles. The average molecular weight is 463 g/mol. The summed E-state index contributed by atoms with van der Waals surface area (Å²) in [6.45, 7) is 0. The molecule has 3 aromatic heterocycles. The number of pyridine rings is 1. The van der Waals surface area contributed by atoms with Crippen molar-refractivity contribution in [1.29, 1.82) is 0 Å². The number of aryl methyl sites for hydroxylation is 1. The number of aromatic nitrogens is 3. The number of nitrogens with zero attached hydrogens (tertiary/aromatic N) is 3. The molecule has 4 heteroatoms. The average Bonchev–Trinajstić information content (AvgIpc) is 3.06. The van der Waals surface area contributed by atoms with Gasteiger partial charge in [0, 0.05) is 38.7 Å². The van der Waals surface area contributed by atoms with Gasteiger partial charge in [-0.05, 0) is 24.4 Å². The van der Waals surface area contributed by atoms with Gasteiger partial charge in [-0.25, -0.2) is 0 Å². The number of hydrogen-bond donors (Lipinski definition) is 0. The summed E-state index contributed by atoms with van der Waals surface area (Å²) in [5, 5.41) is 3.48. The van der Waals surface area contributed by atoms with E-state index in [0.29, 0.717) is 0 Å². The molecule has 5 rings (SSSR count). The molecule has 5 aromatic rings. The Labute approximate surface area is 140 Å². The summed E-state index contributed by atoms with van der Waals surface area (Å²) >= 11 is 0. The molecule has 22 heavy (non-hydrogen) atoms. The fourth-order valence-corrected chi connectivity index (χ4v) is 3.12. The molecule has 1 radical (unpaired) electrons. The van der Waals surface area contributed by atoms with Crippen LogP contribution in [0.25, 0.3) is 38.4 Å². The van der Waals surface area contributed by atoms with Crippen LogP contribution in [0.15, 0.2) is 54.9 Å². The molecule has 0 unspecified atom stereocenters. The van der Waals surface area contributed by atoms with Crippen LogP contribution in [0.3, 0.4) is 0 Å². The zero-order chi connectivity index (χ0) is 14.0. The van der Waals surface area contributed by atoms with Crippen molar-refractivity contribution >= 4 is 38.4 Å². The molecule has 109 valence electrons. The molecule has 0 amide bonds. The second-order valence-corrected chi connectivity index (χ2v) is 5.45. The summed E-state index contributed by atoms with van der Waals surface area (Å²) in [6, 6.07) is 18.0. The van der Waals surface area contributed by atoms with Gasteiger partial charge in [-0.15, -0.1) is 35.0 Å². The van der Waals surface area contributed by atoms with E-state index in [1.54, 1.807) is 0 Å². The number of hydrogen-bond acceptors (Lipinski definition) is 1. The Balaban J connectivity index is 0.00000125. The predicted molar refractivity (Wildman–Crippen MR) is 85.5 cm³/mol. The van der Waals surface area contributed by atoms with Gasteiger partial charge in [-0.3, -0.25) is 4.98 Å².